The zero-order valence-corrected chi connectivity index (χ0v) is 10.6. The van der Waals surface area contributed by atoms with E-state index in [-0.39, 0.29) is 0 Å². The van der Waals surface area contributed by atoms with Crippen molar-refractivity contribution < 1.29 is 0 Å². The number of nitrogens with one attached hydrogen (secondary N) is 1. The molecular weight excluding hydrogens is 240 g/mol. The van der Waals surface area contributed by atoms with Crippen LogP contribution in [0.3, 0.4) is 0 Å². The Morgan fingerprint density at radius 3 is 2.79 bits per heavy atom. The lowest BCUT2D eigenvalue weighted by molar-refractivity contribution is 0.785. The summed E-state index contributed by atoms with van der Waals surface area (Å²) in [6, 6.07) is 7.68. The van der Waals surface area contributed by atoms with Gasteiger partial charge in [0.25, 0.3) is 0 Å². The van der Waals surface area contributed by atoms with Gasteiger partial charge in [0.05, 0.1) is 5.52 Å². The fourth-order valence-electron chi connectivity index (χ4n) is 1.88. The number of anilines is 1. The highest BCUT2D eigenvalue weighted by Gasteiger charge is 2.02. The lowest BCUT2D eigenvalue weighted by Gasteiger charge is -2.05. The van der Waals surface area contributed by atoms with Gasteiger partial charge >= 0.3 is 0 Å². The van der Waals surface area contributed by atoms with Crippen molar-refractivity contribution in [2.24, 2.45) is 7.05 Å². The van der Waals surface area contributed by atoms with Crippen molar-refractivity contribution in [1.29, 1.82) is 0 Å². The van der Waals surface area contributed by atoms with Gasteiger partial charge in [0.2, 0.25) is 5.95 Å². The van der Waals surface area contributed by atoms with Crippen LogP contribution in [0.4, 0.5) is 5.95 Å². The molecule has 0 saturated heterocycles. The summed E-state index contributed by atoms with van der Waals surface area (Å²) >= 11 is 0. The van der Waals surface area contributed by atoms with Crippen molar-refractivity contribution in [3.8, 4) is 0 Å². The Morgan fingerprint density at radius 2 is 2.00 bits per heavy atom. The zero-order chi connectivity index (χ0) is 13.1. The first kappa shape index (κ1) is 11.6. The van der Waals surface area contributed by atoms with Crippen LogP contribution in [0.5, 0.6) is 0 Å². The van der Waals surface area contributed by atoms with Gasteiger partial charge in [0.15, 0.2) is 0 Å². The maximum Gasteiger partial charge on any atom is 0.243 e. The van der Waals surface area contributed by atoms with Crippen LogP contribution in [0.1, 0.15) is 5.82 Å². The van der Waals surface area contributed by atoms with Gasteiger partial charge in [-0.05, 0) is 12.1 Å². The molecule has 3 rings (SSSR count). The zero-order valence-electron chi connectivity index (χ0n) is 10.6. The van der Waals surface area contributed by atoms with E-state index in [4.69, 9.17) is 0 Å². The Balaban J connectivity index is 1.67. The molecule has 6 heteroatoms. The van der Waals surface area contributed by atoms with Crippen molar-refractivity contribution in [2.75, 3.05) is 11.9 Å². The molecule has 2 heterocycles. The maximum atomic E-state index is 4.40. The van der Waals surface area contributed by atoms with Crippen LogP contribution >= 0.6 is 0 Å². The fraction of sp³-hybridized carbons (Fsp3) is 0.231. The lowest BCUT2D eigenvalue weighted by atomic mass is 10.3. The average molecular weight is 254 g/mol. The third-order valence-electron chi connectivity index (χ3n) is 2.91. The quantitative estimate of drug-likeness (QED) is 0.762. The molecule has 0 amide bonds. The number of nitrogens with zero attached hydrogens (tertiary/aromatic N) is 5. The molecule has 3 aromatic rings. The second-order valence-electron chi connectivity index (χ2n) is 4.26. The lowest BCUT2D eigenvalue weighted by Crippen LogP contribution is -2.11. The Hall–Kier alpha value is -2.50. The molecule has 1 aromatic carbocycles. The van der Waals surface area contributed by atoms with Crippen LogP contribution in [0, 0.1) is 0 Å². The number of fused-ring (bicyclic) bond motifs is 1. The highest BCUT2D eigenvalue weighted by Crippen LogP contribution is 2.08. The van der Waals surface area contributed by atoms with Crippen LogP contribution in [0.25, 0.3) is 11.0 Å². The molecule has 1 N–H and O–H groups in total. The average Bonchev–Trinajstić information content (AvgIpc) is 2.84. The largest absolute Gasteiger partial charge is 0.352 e. The molecule has 0 aliphatic rings. The molecule has 0 aliphatic heterocycles. The molecule has 2 aromatic heterocycles. The maximum absolute atomic E-state index is 4.40. The topological polar surface area (TPSA) is 68.5 Å². The molecule has 0 aliphatic carbocycles. The SMILES string of the molecule is Cn1ccnc1CCNc1nnc2ccccc2n1. The van der Waals surface area contributed by atoms with Gasteiger partial charge in [0, 0.05) is 32.4 Å². The summed E-state index contributed by atoms with van der Waals surface area (Å²) in [5, 5.41) is 11.3. The highest BCUT2D eigenvalue weighted by atomic mass is 15.2. The van der Waals surface area contributed by atoms with E-state index in [9.17, 15) is 0 Å². The number of aromatic nitrogens is 5. The molecule has 0 unspecified atom stereocenters. The van der Waals surface area contributed by atoms with Gasteiger partial charge in [-0.1, -0.05) is 12.1 Å². The normalized spacial score (nSPS) is 10.8. The van der Waals surface area contributed by atoms with Crippen molar-refractivity contribution in [3.63, 3.8) is 0 Å². The third-order valence-corrected chi connectivity index (χ3v) is 2.91. The van der Waals surface area contributed by atoms with Crippen molar-refractivity contribution >= 4 is 17.0 Å². The summed E-state index contributed by atoms with van der Waals surface area (Å²) in [4.78, 5) is 8.67. The van der Waals surface area contributed by atoms with E-state index in [1.807, 2.05) is 42.1 Å². The third kappa shape index (κ3) is 2.52. The molecule has 0 radical (unpaired) electrons. The first-order valence-corrected chi connectivity index (χ1v) is 6.12. The molecule has 0 saturated carbocycles. The number of hydrogen-bond acceptors (Lipinski definition) is 5. The predicted octanol–water partition coefficient (Wildman–Crippen LogP) is 1.41. The number of hydrogen-bond donors (Lipinski definition) is 1. The fourth-order valence-corrected chi connectivity index (χ4v) is 1.88. The molecule has 19 heavy (non-hydrogen) atoms. The molecular formula is C13H14N6. The minimum atomic E-state index is 0.549. The van der Waals surface area contributed by atoms with Crippen LogP contribution in [-0.4, -0.2) is 31.3 Å². The number of rotatable bonds is 4. The summed E-state index contributed by atoms with van der Waals surface area (Å²) in [5.74, 6) is 1.58. The Bertz CT molecular complexity index is 690. The summed E-state index contributed by atoms with van der Waals surface area (Å²) in [6.07, 6.45) is 4.55. The molecule has 0 fully saturated rings. The second-order valence-corrected chi connectivity index (χ2v) is 4.26. The van der Waals surface area contributed by atoms with E-state index >= 15 is 0 Å². The van der Waals surface area contributed by atoms with E-state index in [0.29, 0.717) is 5.95 Å². The number of para-hydroxylation sites is 1. The summed E-state index contributed by atoms with van der Waals surface area (Å²) < 4.78 is 2.00. The van der Waals surface area contributed by atoms with Gasteiger partial charge in [0.1, 0.15) is 11.3 Å². The van der Waals surface area contributed by atoms with Crippen LogP contribution in [0.2, 0.25) is 0 Å². The summed E-state index contributed by atoms with van der Waals surface area (Å²) in [7, 11) is 1.98. The number of aryl methyl sites for hydroxylation is 1. The minimum Gasteiger partial charge on any atom is -0.352 e. The minimum absolute atomic E-state index is 0.549. The van der Waals surface area contributed by atoms with Gasteiger partial charge < -0.3 is 9.88 Å². The Kier molecular flexibility index (Phi) is 3.06. The summed E-state index contributed by atoms with van der Waals surface area (Å²) in [6.45, 7) is 0.727. The molecule has 0 spiro atoms. The van der Waals surface area contributed by atoms with Crippen molar-refractivity contribution in [1.82, 2.24) is 24.7 Å². The first-order chi connectivity index (χ1) is 9.33. The molecule has 6 nitrogen and oxygen atoms in total. The molecule has 96 valence electrons. The van der Waals surface area contributed by atoms with E-state index in [1.165, 1.54) is 0 Å². The predicted molar refractivity (Wildman–Crippen MR) is 72.7 cm³/mol. The van der Waals surface area contributed by atoms with E-state index in [1.54, 1.807) is 6.20 Å². The van der Waals surface area contributed by atoms with Gasteiger partial charge in [-0.3, -0.25) is 0 Å². The van der Waals surface area contributed by atoms with Gasteiger partial charge in [-0.15, -0.1) is 10.2 Å². The first-order valence-electron chi connectivity index (χ1n) is 6.12. The van der Waals surface area contributed by atoms with E-state index < -0.39 is 0 Å². The Morgan fingerprint density at radius 1 is 1.16 bits per heavy atom. The highest BCUT2D eigenvalue weighted by molar-refractivity contribution is 5.73. The molecule has 0 bridgehead atoms. The van der Waals surface area contributed by atoms with Gasteiger partial charge in [-0.2, -0.15) is 0 Å². The van der Waals surface area contributed by atoms with Crippen LogP contribution < -0.4 is 5.32 Å². The van der Waals surface area contributed by atoms with Gasteiger partial charge in [-0.25, -0.2) is 9.97 Å². The second kappa shape index (κ2) is 5.01. The smallest absolute Gasteiger partial charge is 0.243 e. The Labute approximate surface area is 110 Å². The van der Waals surface area contributed by atoms with Crippen LogP contribution in [-0.2, 0) is 13.5 Å². The number of imidazole rings is 1. The summed E-state index contributed by atoms with van der Waals surface area (Å²) in [5.41, 5.74) is 1.65. The van der Waals surface area contributed by atoms with Crippen molar-refractivity contribution in [3.05, 3.63) is 42.5 Å². The van der Waals surface area contributed by atoms with E-state index in [2.05, 4.69) is 25.5 Å². The monoisotopic (exact) mass is 254 g/mol. The van der Waals surface area contributed by atoms with Crippen LogP contribution in [0.15, 0.2) is 36.7 Å². The molecule has 0 atom stereocenters. The van der Waals surface area contributed by atoms with E-state index in [0.717, 1.165) is 29.8 Å². The standard InChI is InChI=1S/C13H14N6/c1-19-9-8-14-12(19)6-7-15-13-16-10-4-2-3-5-11(10)17-18-13/h2-5,8-9H,6-7H2,1H3,(H,15,16,18). The van der Waals surface area contributed by atoms with Crippen molar-refractivity contribution in [2.45, 2.75) is 6.42 Å². The number of benzene rings is 1.